The Labute approximate surface area is 183 Å². The van der Waals surface area contributed by atoms with E-state index in [0.29, 0.717) is 25.9 Å². The van der Waals surface area contributed by atoms with E-state index in [0.717, 1.165) is 4.31 Å². The van der Waals surface area contributed by atoms with Gasteiger partial charge in [0.2, 0.25) is 0 Å². The first-order valence-corrected chi connectivity index (χ1v) is 13.6. The van der Waals surface area contributed by atoms with Crippen molar-refractivity contribution in [1.29, 1.82) is 0 Å². The zero-order valence-electron chi connectivity index (χ0n) is 17.3. The number of carboxylic acid groups (broad SMARTS) is 1. The van der Waals surface area contributed by atoms with Gasteiger partial charge in [0.05, 0.1) is 17.5 Å². The molecule has 3 aliphatic heterocycles. The number of hydrogen-bond donors (Lipinski definition) is 5. The minimum absolute atomic E-state index is 0.0367. The minimum Gasteiger partial charge on any atom is -0.480 e. The maximum Gasteiger partial charge on any atom is 0.451 e. The average Bonchev–Trinajstić information content (AvgIpc) is 3.13. The number of aliphatic carboxylic acids is 1. The second-order valence-corrected chi connectivity index (χ2v) is 13.0. The molecule has 0 radical (unpaired) electrons. The third-order valence-electron chi connectivity index (χ3n) is 6.56. The first kappa shape index (κ1) is 24.8. The molecule has 15 heteroatoms. The van der Waals surface area contributed by atoms with Crippen molar-refractivity contribution in [2.75, 3.05) is 44.2 Å². The van der Waals surface area contributed by atoms with Gasteiger partial charge >= 0.3 is 13.1 Å². The predicted octanol–water partition coefficient (Wildman–Crippen LogP) is -3.09. The largest absolute Gasteiger partial charge is 0.480 e. The first-order chi connectivity index (χ1) is 14.3. The summed E-state index contributed by atoms with van der Waals surface area (Å²) in [5.74, 6) is -2.31. The maximum absolute atomic E-state index is 13.5. The lowest BCUT2D eigenvalue weighted by Crippen LogP contribution is -2.62. The van der Waals surface area contributed by atoms with E-state index in [1.54, 1.807) is 0 Å². The monoisotopic (exact) mass is 482 g/mol. The molecule has 3 heterocycles. The van der Waals surface area contributed by atoms with Gasteiger partial charge in [-0.1, -0.05) is 6.42 Å². The Kier molecular flexibility index (Phi) is 7.38. The van der Waals surface area contributed by atoms with Crippen molar-refractivity contribution in [2.45, 2.75) is 37.2 Å². The SMILES string of the molecule is N[C@@]1(C(=O)O)CN(S(=O)(=O)N(CC2CCS(=O)(=O)C2)C2CNC2)C[C@@H]1CCCB(O)O. The van der Waals surface area contributed by atoms with Gasteiger partial charge in [0.1, 0.15) is 5.54 Å². The van der Waals surface area contributed by atoms with Crippen molar-refractivity contribution in [1.82, 2.24) is 13.9 Å². The highest BCUT2D eigenvalue weighted by atomic mass is 32.2. The second-order valence-electron chi connectivity index (χ2n) is 8.91. The topological polar surface area (TPSA) is 191 Å². The zero-order valence-corrected chi connectivity index (χ0v) is 18.9. The van der Waals surface area contributed by atoms with Gasteiger partial charge in [-0.3, -0.25) is 4.79 Å². The molecule has 12 nitrogen and oxygen atoms in total. The van der Waals surface area contributed by atoms with E-state index < -0.39 is 51.1 Å². The Morgan fingerprint density at radius 3 is 2.48 bits per heavy atom. The molecule has 0 bridgehead atoms. The summed E-state index contributed by atoms with van der Waals surface area (Å²) in [4.78, 5) is 11.9. The standard InChI is InChI=1S/C16H31BN4O8S2/c18-16(15(22)23)11-20(9-13(16)2-1-4-17(24)25)31(28,29)21(14-6-19-7-14)8-12-3-5-30(26,27)10-12/h12-14,19,24-25H,1-11,18H2,(H,22,23)/t12?,13-,16-/m0/s1. The summed E-state index contributed by atoms with van der Waals surface area (Å²) in [6.45, 7) is 0.466. The molecule has 0 aromatic rings. The van der Waals surface area contributed by atoms with Crippen LogP contribution in [0.25, 0.3) is 0 Å². The van der Waals surface area contributed by atoms with Crippen LogP contribution in [0, 0.1) is 11.8 Å². The molecule has 1 unspecified atom stereocenters. The van der Waals surface area contributed by atoms with Crippen molar-refractivity contribution < 1.29 is 36.8 Å². The van der Waals surface area contributed by atoms with E-state index in [2.05, 4.69) is 5.32 Å². The molecule has 3 atom stereocenters. The number of nitrogens with one attached hydrogen (secondary N) is 1. The molecule has 0 amide bonds. The van der Waals surface area contributed by atoms with Gasteiger partial charge < -0.3 is 26.2 Å². The summed E-state index contributed by atoms with van der Waals surface area (Å²) in [5.41, 5.74) is 4.35. The Morgan fingerprint density at radius 2 is 2.00 bits per heavy atom. The number of sulfone groups is 1. The van der Waals surface area contributed by atoms with Gasteiger partial charge in [-0.05, 0) is 25.1 Å². The highest BCUT2D eigenvalue weighted by Crippen LogP contribution is 2.34. The molecule has 3 rings (SSSR count). The number of hydrogen-bond acceptors (Lipinski definition) is 9. The molecule has 3 saturated heterocycles. The van der Waals surface area contributed by atoms with Crippen LogP contribution in [0.2, 0.25) is 6.32 Å². The van der Waals surface area contributed by atoms with Gasteiger partial charge in [0, 0.05) is 38.6 Å². The van der Waals surface area contributed by atoms with Crippen molar-refractivity contribution in [3.8, 4) is 0 Å². The van der Waals surface area contributed by atoms with E-state index in [9.17, 15) is 26.7 Å². The number of carboxylic acids is 1. The minimum atomic E-state index is -4.07. The average molecular weight is 482 g/mol. The third-order valence-corrected chi connectivity index (χ3v) is 10.4. The van der Waals surface area contributed by atoms with Gasteiger partial charge in [-0.2, -0.15) is 17.0 Å². The van der Waals surface area contributed by atoms with Crippen LogP contribution in [-0.2, 0) is 24.8 Å². The van der Waals surface area contributed by atoms with Crippen LogP contribution in [0.3, 0.4) is 0 Å². The van der Waals surface area contributed by atoms with Crippen LogP contribution >= 0.6 is 0 Å². The number of carbonyl (C=O) groups is 1. The molecule has 0 aromatic carbocycles. The molecule has 178 valence electrons. The third kappa shape index (κ3) is 5.41. The summed E-state index contributed by atoms with van der Waals surface area (Å²) in [6, 6.07) is -0.325. The van der Waals surface area contributed by atoms with Crippen LogP contribution in [0.5, 0.6) is 0 Å². The summed E-state index contributed by atoms with van der Waals surface area (Å²) in [5, 5.41) is 30.8. The molecule has 0 aliphatic carbocycles. The fourth-order valence-electron chi connectivity index (χ4n) is 4.54. The Balaban J connectivity index is 1.78. The van der Waals surface area contributed by atoms with Crippen molar-refractivity contribution in [3.63, 3.8) is 0 Å². The molecule has 31 heavy (non-hydrogen) atoms. The Bertz CT molecular complexity index is 882. The Morgan fingerprint density at radius 1 is 1.32 bits per heavy atom. The number of nitrogens with zero attached hydrogens (tertiary/aromatic N) is 2. The van der Waals surface area contributed by atoms with E-state index >= 15 is 0 Å². The van der Waals surface area contributed by atoms with Crippen molar-refractivity contribution in [2.24, 2.45) is 17.6 Å². The zero-order chi connectivity index (χ0) is 23.0. The molecule has 6 N–H and O–H groups in total. The van der Waals surface area contributed by atoms with E-state index in [1.165, 1.54) is 4.31 Å². The van der Waals surface area contributed by atoms with Gasteiger partial charge in [0.25, 0.3) is 10.2 Å². The van der Waals surface area contributed by atoms with E-state index in [-0.39, 0.29) is 49.3 Å². The van der Waals surface area contributed by atoms with Gasteiger partial charge in [0.15, 0.2) is 9.84 Å². The molecule has 3 fully saturated rings. The highest BCUT2D eigenvalue weighted by molar-refractivity contribution is 7.91. The Hall–Kier alpha value is -0.805. The molecule has 0 saturated carbocycles. The van der Waals surface area contributed by atoms with Crippen LogP contribution in [0.1, 0.15) is 19.3 Å². The summed E-state index contributed by atoms with van der Waals surface area (Å²) in [6.07, 6.45) is 0.961. The van der Waals surface area contributed by atoms with E-state index in [1.807, 2.05) is 0 Å². The second kappa shape index (κ2) is 9.21. The normalized spacial score (nSPS) is 31.7. The predicted molar refractivity (Wildman–Crippen MR) is 113 cm³/mol. The molecule has 0 spiro atoms. The summed E-state index contributed by atoms with van der Waals surface area (Å²) >= 11 is 0. The van der Waals surface area contributed by atoms with Crippen LogP contribution in [0.4, 0.5) is 0 Å². The fourth-order valence-corrected chi connectivity index (χ4v) is 8.35. The fraction of sp³-hybridized carbons (Fsp3) is 0.938. The smallest absolute Gasteiger partial charge is 0.451 e. The van der Waals surface area contributed by atoms with Crippen LogP contribution < -0.4 is 11.1 Å². The molecule has 0 aromatic heterocycles. The molecular formula is C16H31BN4O8S2. The molecular weight excluding hydrogens is 451 g/mol. The number of rotatable bonds is 10. The van der Waals surface area contributed by atoms with Gasteiger partial charge in [-0.15, -0.1) is 0 Å². The first-order valence-electron chi connectivity index (χ1n) is 10.4. The molecule has 3 aliphatic rings. The lowest BCUT2D eigenvalue weighted by Gasteiger charge is -2.40. The summed E-state index contributed by atoms with van der Waals surface area (Å²) < 4.78 is 53.0. The van der Waals surface area contributed by atoms with Gasteiger partial charge in [-0.25, -0.2) is 8.42 Å². The van der Waals surface area contributed by atoms with Crippen LogP contribution in [0.15, 0.2) is 0 Å². The quantitative estimate of drug-likeness (QED) is 0.199. The van der Waals surface area contributed by atoms with Crippen LogP contribution in [-0.4, -0.2) is 109 Å². The lowest BCUT2D eigenvalue weighted by atomic mass is 9.78. The van der Waals surface area contributed by atoms with Crippen molar-refractivity contribution >= 4 is 33.1 Å². The maximum atomic E-state index is 13.5. The van der Waals surface area contributed by atoms with Crippen molar-refractivity contribution in [3.05, 3.63) is 0 Å². The number of nitrogens with two attached hydrogens (primary N) is 1. The highest BCUT2D eigenvalue weighted by Gasteiger charge is 2.54. The lowest BCUT2D eigenvalue weighted by molar-refractivity contribution is -0.144. The van der Waals surface area contributed by atoms with E-state index in [4.69, 9.17) is 15.8 Å². The summed E-state index contributed by atoms with van der Waals surface area (Å²) in [7, 11) is -8.77.